The van der Waals surface area contributed by atoms with E-state index < -0.39 is 0 Å². The quantitative estimate of drug-likeness (QED) is 0.530. The standard InChI is InChI=1S/C22H26N4O2S2/c1-4-8-26-21(28)17(30-22(26)29)11-16-19(24-12-14(2)10-15(3)13-24)23-18-7-5-6-9-25(18)20(16)27/h5-7,9,11,14-15H,4,8,10,12-13H2,1-3H3/b17-11+/t14-,15-/m1/s1. The number of hydrogen-bond acceptors (Lipinski definition) is 6. The van der Waals surface area contributed by atoms with Crippen LogP contribution in [-0.4, -0.2) is 44.1 Å². The molecule has 6 nitrogen and oxygen atoms in total. The number of anilines is 1. The summed E-state index contributed by atoms with van der Waals surface area (Å²) < 4.78 is 2.09. The Hall–Kier alpha value is -2.19. The zero-order chi connectivity index (χ0) is 21.4. The van der Waals surface area contributed by atoms with Crippen LogP contribution in [0.15, 0.2) is 34.1 Å². The molecule has 2 atom stereocenters. The maximum atomic E-state index is 13.4. The lowest BCUT2D eigenvalue weighted by Gasteiger charge is -2.36. The third-order valence-corrected chi connectivity index (χ3v) is 6.89. The van der Waals surface area contributed by atoms with Gasteiger partial charge in [-0.3, -0.25) is 18.9 Å². The van der Waals surface area contributed by atoms with Crippen molar-refractivity contribution in [2.75, 3.05) is 24.5 Å². The predicted molar refractivity (Wildman–Crippen MR) is 127 cm³/mol. The molecule has 0 N–H and O–H groups in total. The van der Waals surface area contributed by atoms with Crippen LogP contribution in [0.3, 0.4) is 0 Å². The molecule has 158 valence electrons. The molecule has 0 radical (unpaired) electrons. The van der Waals surface area contributed by atoms with Gasteiger partial charge in [-0.25, -0.2) is 4.98 Å². The molecule has 2 fully saturated rings. The highest BCUT2D eigenvalue weighted by Gasteiger charge is 2.33. The Morgan fingerprint density at radius 2 is 1.97 bits per heavy atom. The molecule has 30 heavy (non-hydrogen) atoms. The summed E-state index contributed by atoms with van der Waals surface area (Å²) in [5.41, 5.74) is 0.901. The molecule has 0 aromatic carbocycles. The largest absolute Gasteiger partial charge is 0.355 e. The molecular formula is C22H26N4O2S2. The van der Waals surface area contributed by atoms with Gasteiger partial charge >= 0.3 is 0 Å². The number of thiocarbonyl (C=S) groups is 1. The van der Waals surface area contributed by atoms with Crippen LogP contribution in [-0.2, 0) is 4.79 Å². The highest BCUT2D eigenvalue weighted by Crippen LogP contribution is 2.34. The lowest BCUT2D eigenvalue weighted by Crippen LogP contribution is -2.40. The number of pyridine rings is 1. The van der Waals surface area contributed by atoms with Gasteiger partial charge in [0, 0.05) is 25.8 Å². The van der Waals surface area contributed by atoms with E-state index in [1.165, 1.54) is 11.8 Å². The first kappa shape index (κ1) is 21.1. The van der Waals surface area contributed by atoms with Gasteiger partial charge in [0.05, 0.1) is 10.5 Å². The summed E-state index contributed by atoms with van der Waals surface area (Å²) in [4.78, 5) is 35.5. The minimum absolute atomic E-state index is 0.129. The zero-order valence-electron chi connectivity index (χ0n) is 17.5. The van der Waals surface area contributed by atoms with Gasteiger partial charge in [-0.1, -0.05) is 50.8 Å². The molecule has 2 aliphatic rings. The molecule has 0 spiro atoms. The fraction of sp³-hybridized carbons (Fsp3) is 0.455. The molecule has 0 saturated carbocycles. The van der Waals surface area contributed by atoms with Crippen LogP contribution in [0, 0.1) is 11.8 Å². The molecule has 8 heteroatoms. The predicted octanol–water partition coefficient (Wildman–Crippen LogP) is 3.79. The SMILES string of the molecule is CCCN1C(=O)/C(=C\c2c(N3C[C@H](C)C[C@@H](C)C3)nc3ccccn3c2=O)SC1=S. The number of nitrogens with zero attached hydrogens (tertiary/aromatic N) is 4. The summed E-state index contributed by atoms with van der Waals surface area (Å²) in [6.45, 7) is 8.75. The molecule has 2 aromatic rings. The van der Waals surface area contributed by atoms with Crippen LogP contribution in [0.4, 0.5) is 5.82 Å². The second-order valence-electron chi connectivity index (χ2n) is 8.27. The van der Waals surface area contributed by atoms with E-state index in [1.54, 1.807) is 21.6 Å². The van der Waals surface area contributed by atoms with Crippen LogP contribution >= 0.6 is 24.0 Å². The van der Waals surface area contributed by atoms with Gasteiger partial charge in [-0.2, -0.15) is 0 Å². The van der Waals surface area contributed by atoms with E-state index in [2.05, 4.69) is 18.7 Å². The lowest BCUT2D eigenvalue weighted by molar-refractivity contribution is -0.122. The van der Waals surface area contributed by atoms with E-state index in [0.717, 1.165) is 25.9 Å². The number of amides is 1. The summed E-state index contributed by atoms with van der Waals surface area (Å²) >= 11 is 6.65. The molecule has 0 aliphatic carbocycles. The topological polar surface area (TPSA) is 57.9 Å². The van der Waals surface area contributed by atoms with Crippen LogP contribution in [0.25, 0.3) is 11.7 Å². The summed E-state index contributed by atoms with van der Waals surface area (Å²) in [5, 5.41) is 0. The summed E-state index contributed by atoms with van der Waals surface area (Å²) in [6.07, 6.45) is 5.40. The Bertz CT molecular complexity index is 1080. The van der Waals surface area contributed by atoms with E-state index in [9.17, 15) is 9.59 Å². The van der Waals surface area contributed by atoms with Crippen LogP contribution in [0.5, 0.6) is 0 Å². The molecule has 2 aliphatic heterocycles. The van der Waals surface area contributed by atoms with Crippen LogP contribution in [0.2, 0.25) is 0 Å². The van der Waals surface area contributed by atoms with Crippen LogP contribution in [0.1, 0.15) is 39.2 Å². The number of piperidine rings is 1. The van der Waals surface area contributed by atoms with Gasteiger partial charge < -0.3 is 4.90 Å². The second kappa shape index (κ2) is 8.51. The average molecular weight is 443 g/mol. The molecule has 1 amide bonds. The second-order valence-corrected chi connectivity index (χ2v) is 9.94. The summed E-state index contributed by atoms with van der Waals surface area (Å²) in [5.74, 6) is 1.56. The van der Waals surface area contributed by atoms with Gasteiger partial charge in [0.1, 0.15) is 15.8 Å². The van der Waals surface area contributed by atoms with Gasteiger partial charge in [0.25, 0.3) is 11.5 Å². The first-order valence-corrected chi connectivity index (χ1v) is 11.6. The Morgan fingerprint density at radius 1 is 1.23 bits per heavy atom. The van der Waals surface area contributed by atoms with Crippen LogP contribution < -0.4 is 10.5 Å². The number of fused-ring (bicyclic) bond motifs is 1. The normalized spacial score (nSPS) is 23.8. The average Bonchev–Trinajstić information content (AvgIpc) is 2.97. The Morgan fingerprint density at radius 3 is 2.67 bits per heavy atom. The highest BCUT2D eigenvalue weighted by molar-refractivity contribution is 8.26. The molecular weight excluding hydrogens is 416 g/mol. The van der Waals surface area contributed by atoms with E-state index in [1.807, 2.05) is 25.1 Å². The van der Waals surface area contributed by atoms with E-state index in [4.69, 9.17) is 17.2 Å². The van der Waals surface area contributed by atoms with E-state index in [-0.39, 0.29) is 11.5 Å². The highest BCUT2D eigenvalue weighted by atomic mass is 32.2. The molecule has 4 rings (SSSR count). The van der Waals surface area contributed by atoms with Gasteiger partial charge in [-0.15, -0.1) is 0 Å². The summed E-state index contributed by atoms with van der Waals surface area (Å²) in [7, 11) is 0. The summed E-state index contributed by atoms with van der Waals surface area (Å²) in [6, 6.07) is 5.53. The maximum absolute atomic E-state index is 13.4. The third kappa shape index (κ3) is 3.90. The van der Waals surface area contributed by atoms with Crippen molar-refractivity contribution < 1.29 is 4.79 Å². The van der Waals surface area contributed by atoms with Crippen molar-refractivity contribution in [3.8, 4) is 0 Å². The molecule has 0 bridgehead atoms. The molecule has 0 unspecified atom stereocenters. The molecule has 4 heterocycles. The van der Waals surface area contributed by atoms with Crippen molar-refractivity contribution in [2.24, 2.45) is 11.8 Å². The van der Waals surface area contributed by atoms with Gasteiger partial charge in [-0.05, 0) is 42.9 Å². The van der Waals surface area contributed by atoms with E-state index >= 15 is 0 Å². The number of carbonyl (C=O) groups is 1. The van der Waals surface area contributed by atoms with Gasteiger partial charge in [0.15, 0.2) is 0 Å². The first-order valence-electron chi connectivity index (χ1n) is 10.4. The monoisotopic (exact) mass is 442 g/mol. The number of rotatable bonds is 4. The minimum Gasteiger partial charge on any atom is -0.355 e. The number of carbonyl (C=O) groups excluding carboxylic acids is 1. The Balaban J connectivity index is 1.86. The smallest absolute Gasteiger partial charge is 0.267 e. The number of hydrogen-bond donors (Lipinski definition) is 0. The van der Waals surface area contributed by atoms with Crippen molar-refractivity contribution in [1.29, 1.82) is 0 Å². The van der Waals surface area contributed by atoms with Gasteiger partial charge in [0.2, 0.25) is 0 Å². The molecule has 2 saturated heterocycles. The van der Waals surface area contributed by atoms with Crippen molar-refractivity contribution in [3.63, 3.8) is 0 Å². The Labute approximate surface area is 186 Å². The third-order valence-electron chi connectivity index (χ3n) is 5.51. The zero-order valence-corrected chi connectivity index (χ0v) is 19.1. The van der Waals surface area contributed by atoms with Crippen molar-refractivity contribution in [1.82, 2.24) is 14.3 Å². The van der Waals surface area contributed by atoms with Crippen molar-refractivity contribution in [2.45, 2.75) is 33.6 Å². The lowest BCUT2D eigenvalue weighted by atomic mass is 9.91. The number of thioether (sulfide) groups is 1. The van der Waals surface area contributed by atoms with E-state index in [0.29, 0.717) is 44.6 Å². The fourth-order valence-electron chi connectivity index (χ4n) is 4.34. The fourth-order valence-corrected chi connectivity index (χ4v) is 5.63. The first-order chi connectivity index (χ1) is 14.4. The van der Waals surface area contributed by atoms with Crippen molar-refractivity contribution >= 4 is 51.7 Å². The molecule has 2 aromatic heterocycles. The van der Waals surface area contributed by atoms with Crippen molar-refractivity contribution in [3.05, 3.63) is 45.2 Å². The minimum atomic E-state index is -0.165. The maximum Gasteiger partial charge on any atom is 0.267 e. The number of aromatic nitrogens is 2. The Kier molecular flexibility index (Phi) is 5.97.